The lowest BCUT2D eigenvalue weighted by Gasteiger charge is -2.31. The molecule has 0 amide bonds. The second-order valence-corrected chi connectivity index (χ2v) is 10.6. The van der Waals surface area contributed by atoms with Crippen LogP contribution in [0.1, 0.15) is 31.7 Å². The van der Waals surface area contributed by atoms with Crippen LogP contribution in [0.15, 0.2) is 24.7 Å². The van der Waals surface area contributed by atoms with Crippen molar-refractivity contribution in [3.05, 3.63) is 36.3 Å². The maximum Gasteiger partial charge on any atom is 0.326 e. The number of hydrogen-bond acceptors (Lipinski definition) is 8. The van der Waals surface area contributed by atoms with Gasteiger partial charge in [0.2, 0.25) is 0 Å². The first-order valence-electron chi connectivity index (χ1n) is 12.9. The van der Waals surface area contributed by atoms with Crippen LogP contribution in [0.5, 0.6) is 11.8 Å². The Morgan fingerprint density at radius 2 is 1.97 bits per heavy atom. The van der Waals surface area contributed by atoms with Gasteiger partial charge in [0.15, 0.2) is 23.0 Å². The molecule has 3 fully saturated rings. The predicted octanol–water partition coefficient (Wildman–Crippen LogP) is 4.23. The first-order valence-corrected chi connectivity index (χ1v) is 12.9. The first-order chi connectivity index (χ1) is 18.5. The molecule has 1 saturated heterocycles. The van der Waals surface area contributed by atoms with Gasteiger partial charge in [-0.3, -0.25) is 0 Å². The fourth-order valence-electron chi connectivity index (χ4n) is 6.24. The number of H-pyrrole nitrogens is 1. The lowest BCUT2D eigenvalue weighted by Crippen LogP contribution is -2.41. The average Bonchev–Trinajstić information content (AvgIpc) is 3.23. The largest absolute Gasteiger partial charge is 0.422 e. The van der Waals surface area contributed by atoms with Gasteiger partial charge in [0, 0.05) is 43.9 Å². The second-order valence-electron chi connectivity index (χ2n) is 10.6. The van der Waals surface area contributed by atoms with E-state index in [1.54, 1.807) is 13.2 Å². The Hall–Kier alpha value is -4.06. The topological polar surface area (TPSA) is 123 Å². The number of benzene rings is 1. The van der Waals surface area contributed by atoms with Crippen LogP contribution in [-0.4, -0.2) is 55.2 Å². The molecule has 0 radical (unpaired) electrons. The van der Waals surface area contributed by atoms with Crippen molar-refractivity contribution in [1.29, 1.82) is 0 Å². The standard InChI is InChI=1S/C26H25F2N9O/c1-30-17-7-15(27)21(28)19-20-23(33-22(17)19)34-26(35-25(20)36-9-11-4-13(36)5-16(11)29)38-14-6-18-24(31-8-14)37(10-32-18)12-2-3-12/h6-8,10-13,16,30H,2-5,9,29H2,1H3,(H,33,34,35)/t11-,13?,16?/m1/s1. The number of anilines is 2. The predicted molar refractivity (Wildman–Crippen MR) is 139 cm³/mol. The Morgan fingerprint density at radius 1 is 1.11 bits per heavy atom. The third kappa shape index (κ3) is 3.12. The summed E-state index contributed by atoms with van der Waals surface area (Å²) in [6.45, 7) is 0.687. The van der Waals surface area contributed by atoms with Crippen molar-refractivity contribution in [2.75, 3.05) is 23.8 Å². The number of aromatic nitrogens is 6. The molecule has 4 aromatic heterocycles. The molecule has 2 aliphatic carbocycles. The van der Waals surface area contributed by atoms with Crippen LogP contribution < -0.4 is 20.7 Å². The maximum atomic E-state index is 15.3. The Labute approximate surface area is 215 Å². The molecule has 4 N–H and O–H groups in total. The van der Waals surface area contributed by atoms with Gasteiger partial charge in [-0.25, -0.2) is 18.7 Å². The van der Waals surface area contributed by atoms with E-state index in [4.69, 9.17) is 15.5 Å². The lowest BCUT2D eigenvalue weighted by atomic mass is 10.0. The normalized spacial score (nSPS) is 22.8. The van der Waals surface area contributed by atoms with E-state index in [-0.39, 0.29) is 23.5 Å². The van der Waals surface area contributed by atoms with Gasteiger partial charge in [-0.1, -0.05) is 0 Å². The van der Waals surface area contributed by atoms with Crippen LogP contribution in [0.25, 0.3) is 33.1 Å². The molecule has 194 valence electrons. The zero-order chi connectivity index (χ0) is 25.7. The van der Waals surface area contributed by atoms with E-state index < -0.39 is 11.6 Å². The number of nitrogens with zero attached hydrogens (tertiary/aromatic N) is 6. The van der Waals surface area contributed by atoms with Crippen LogP contribution in [0.4, 0.5) is 20.3 Å². The van der Waals surface area contributed by atoms with Crippen molar-refractivity contribution in [2.45, 2.75) is 43.8 Å². The highest BCUT2D eigenvalue weighted by Gasteiger charge is 2.44. The molecule has 3 atom stereocenters. The van der Waals surface area contributed by atoms with E-state index in [0.29, 0.717) is 52.3 Å². The van der Waals surface area contributed by atoms with Gasteiger partial charge in [0.25, 0.3) is 0 Å². The zero-order valence-electron chi connectivity index (χ0n) is 20.6. The summed E-state index contributed by atoms with van der Waals surface area (Å²) in [6, 6.07) is 3.79. The van der Waals surface area contributed by atoms with Crippen LogP contribution in [-0.2, 0) is 0 Å². The van der Waals surface area contributed by atoms with E-state index in [0.717, 1.165) is 42.9 Å². The second kappa shape index (κ2) is 7.73. The molecule has 1 aromatic carbocycles. The number of fused-ring (bicyclic) bond motifs is 6. The van der Waals surface area contributed by atoms with Crippen molar-refractivity contribution in [1.82, 2.24) is 29.5 Å². The van der Waals surface area contributed by atoms with E-state index in [1.165, 1.54) is 0 Å². The number of nitrogens with one attached hydrogen (secondary N) is 2. The average molecular weight is 518 g/mol. The maximum absolute atomic E-state index is 15.3. The number of halogens is 2. The number of aromatic amines is 1. The molecule has 8 rings (SSSR count). The summed E-state index contributed by atoms with van der Waals surface area (Å²) in [5.41, 5.74) is 9.05. The van der Waals surface area contributed by atoms with Gasteiger partial charge >= 0.3 is 6.01 Å². The Morgan fingerprint density at radius 3 is 2.71 bits per heavy atom. The Balaban J connectivity index is 1.28. The van der Waals surface area contributed by atoms with Crippen LogP contribution >= 0.6 is 0 Å². The molecule has 5 heterocycles. The molecule has 0 spiro atoms. The van der Waals surface area contributed by atoms with Gasteiger partial charge in [0.05, 0.1) is 34.5 Å². The van der Waals surface area contributed by atoms with E-state index in [2.05, 4.69) is 34.7 Å². The molecular weight excluding hydrogens is 492 g/mol. The fourth-order valence-corrected chi connectivity index (χ4v) is 6.24. The van der Waals surface area contributed by atoms with Gasteiger partial charge < -0.3 is 30.2 Å². The molecule has 2 bridgehead atoms. The number of hydrogen-bond donors (Lipinski definition) is 3. The number of imidazole rings is 1. The van der Waals surface area contributed by atoms with Crippen molar-refractivity contribution in [3.8, 4) is 11.8 Å². The van der Waals surface area contributed by atoms with Gasteiger partial charge in [0.1, 0.15) is 17.0 Å². The highest BCUT2D eigenvalue weighted by molar-refractivity contribution is 6.15. The molecule has 5 aromatic rings. The molecule has 2 saturated carbocycles. The summed E-state index contributed by atoms with van der Waals surface area (Å²) in [7, 11) is 1.66. The SMILES string of the molecule is CNc1cc(F)c(F)c2c1[nH]c1nc(Oc3cnc4c(c3)ncn4C3CC3)nc(N3C[C@H]4CC3CC4N)c12. The fraction of sp³-hybridized carbons (Fsp3) is 0.385. The summed E-state index contributed by atoms with van der Waals surface area (Å²) in [5.74, 6) is -0.607. The summed E-state index contributed by atoms with van der Waals surface area (Å²) >= 11 is 0. The van der Waals surface area contributed by atoms with Crippen molar-refractivity contribution in [3.63, 3.8) is 0 Å². The monoisotopic (exact) mass is 517 g/mol. The summed E-state index contributed by atoms with van der Waals surface area (Å²) in [4.78, 5) is 23.7. The number of rotatable bonds is 5. The van der Waals surface area contributed by atoms with Gasteiger partial charge in [-0.2, -0.15) is 9.97 Å². The van der Waals surface area contributed by atoms with Crippen molar-refractivity contribution >= 4 is 44.6 Å². The van der Waals surface area contributed by atoms with Crippen molar-refractivity contribution < 1.29 is 13.5 Å². The minimum Gasteiger partial charge on any atom is -0.422 e. The van der Waals surface area contributed by atoms with Gasteiger partial charge in [-0.15, -0.1) is 0 Å². The lowest BCUT2D eigenvalue weighted by molar-refractivity contribution is 0.439. The first kappa shape index (κ1) is 22.0. The molecule has 3 aliphatic rings. The van der Waals surface area contributed by atoms with E-state index in [1.807, 2.05) is 12.4 Å². The van der Waals surface area contributed by atoms with Crippen LogP contribution in [0.3, 0.4) is 0 Å². The van der Waals surface area contributed by atoms with E-state index in [9.17, 15) is 4.39 Å². The highest BCUT2D eigenvalue weighted by atomic mass is 19.2. The summed E-state index contributed by atoms with van der Waals surface area (Å²) < 4.78 is 38.1. The van der Waals surface area contributed by atoms with Crippen LogP contribution in [0.2, 0.25) is 0 Å². The molecule has 2 unspecified atom stereocenters. The molecule has 38 heavy (non-hydrogen) atoms. The van der Waals surface area contributed by atoms with Crippen LogP contribution in [0, 0.1) is 17.6 Å². The number of piperidine rings is 1. The van der Waals surface area contributed by atoms with E-state index >= 15 is 4.39 Å². The zero-order valence-corrected chi connectivity index (χ0v) is 20.6. The molecule has 10 nitrogen and oxygen atoms in total. The Bertz CT molecular complexity index is 1760. The molecule has 1 aliphatic heterocycles. The highest BCUT2D eigenvalue weighted by Crippen LogP contribution is 2.45. The number of nitrogens with two attached hydrogens (primary N) is 1. The minimum atomic E-state index is -0.941. The third-order valence-corrected chi connectivity index (χ3v) is 8.26. The van der Waals surface area contributed by atoms with Gasteiger partial charge in [-0.05, 0) is 31.6 Å². The smallest absolute Gasteiger partial charge is 0.326 e. The molecular formula is C26H25F2N9O. The minimum absolute atomic E-state index is 0.0841. The quantitative estimate of drug-likeness (QED) is 0.317. The number of ether oxygens (including phenoxy) is 1. The number of pyridine rings is 1. The van der Waals surface area contributed by atoms with Crippen molar-refractivity contribution in [2.24, 2.45) is 11.7 Å². The summed E-state index contributed by atoms with van der Waals surface area (Å²) in [5, 5.41) is 3.49. The molecule has 12 heteroatoms. The Kier molecular flexibility index (Phi) is 4.47. The summed E-state index contributed by atoms with van der Waals surface area (Å²) in [6.07, 6.45) is 7.47. The third-order valence-electron chi connectivity index (χ3n) is 8.26.